The summed E-state index contributed by atoms with van der Waals surface area (Å²) in [7, 11) is 0. The molecule has 2 fully saturated rings. The van der Waals surface area contributed by atoms with Crippen molar-refractivity contribution in [3.8, 4) is 0 Å². The molecule has 17 heavy (non-hydrogen) atoms. The summed E-state index contributed by atoms with van der Waals surface area (Å²) in [5, 5.41) is 8.16. The van der Waals surface area contributed by atoms with Crippen molar-refractivity contribution in [2.75, 3.05) is 0 Å². The van der Waals surface area contributed by atoms with Crippen molar-refractivity contribution in [3.05, 3.63) is 11.9 Å². The Morgan fingerprint density at radius 3 is 2.76 bits per heavy atom. The highest BCUT2D eigenvalue weighted by molar-refractivity contribution is 5.13. The van der Waals surface area contributed by atoms with E-state index in [9.17, 15) is 0 Å². The number of nitrogens with zero attached hydrogens (tertiary/aromatic N) is 3. The standard InChI is InChI=1S/C13H22N4/c1-2-7-17-11(8-15-16-17)13(14)12-9-5-3-4-6-10(9)12/h8-10,12-13H,2-7,14H2,1H3. The molecule has 94 valence electrons. The zero-order chi connectivity index (χ0) is 11.8. The predicted molar refractivity (Wildman–Crippen MR) is 66.2 cm³/mol. The number of hydrogen-bond donors (Lipinski definition) is 1. The summed E-state index contributed by atoms with van der Waals surface area (Å²) in [6, 6.07) is 0.157. The molecule has 2 aliphatic rings. The van der Waals surface area contributed by atoms with Crippen LogP contribution in [0.25, 0.3) is 0 Å². The van der Waals surface area contributed by atoms with Crippen LogP contribution in [0.3, 0.4) is 0 Å². The van der Waals surface area contributed by atoms with E-state index in [1.165, 1.54) is 25.7 Å². The number of nitrogens with two attached hydrogens (primary N) is 1. The largest absolute Gasteiger partial charge is 0.322 e. The van der Waals surface area contributed by atoms with E-state index in [0.29, 0.717) is 5.92 Å². The Morgan fingerprint density at radius 2 is 2.12 bits per heavy atom. The molecule has 0 radical (unpaired) electrons. The van der Waals surface area contributed by atoms with Gasteiger partial charge in [-0.15, -0.1) is 5.10 Å². The molecule has 0 bridgehead atoms. The summed E-state index contributed by atoms with van der Waals surface area (Å²) in [5.41, 5.74) is 7.58. The van der Waals surface area contributed by atoms with Crippen molar-refractivity contribution in [2.45, 2.75) is 51.6 Å². The molecule has 2 aliphatic carbocycles. The maximum atomic E-state index is 6.43. The van der Waals surface area contributed by atoms with Crippen molar-refractivity contribution in [1.82, 2.24) is 15.0 Å². The first-order valence-electron chi connectivity index (χ1n) is 6.97. The number of fused-ring (bicyclic) bond motifs is 1. The van der Waals surface area contributed by atoms with Crippen LogP contribution in [0.1, 0.15) is 50.8 Å². The highest BCUT2D eigenvalue weighted by atomic mass is 15.4. The van der Waals surface area contributed by atoms with Crippen LogP contribution < -0.4 is 5.73 Å². The van der Waals surface area contributed by atoms with E-state index in [2.05, 4.69) is 17.2 Å². The van der Waals surface area contributed by atoms with Gasteiger partial charge in [-0.3, -0.25) is 0 Å². The van der Waals surface area contributed by atoms with Crippen LogP contribution in [0.2, 0.25) is 0 Å². The molecule has 4 nitrogen and oxygen atoms in total. The second-order valence-corrected chi connectivity index (χ2v) is 5.60. The molecule has 0 aliphatic heterocycles. The molecule has 2 saturated carbocycles. The fourth-order valence-corrected chi connectivity index (χ4v) is 3.69. The minimum atomic E-state index is 0.157. The smallest absolute Gasteiger partial charge is 0.0757 e. The second-order valence-electron chi connectivity index (χ2n) is 5.60. The minimum absolute atomic E-state index is 0.157. The lowest BCUT2D eigenvalue weighted by Crippen LogP contribution is -2.19. The first kappa shape index (κ1) is 11.2. The molecule has 0 spiro atoms. The van der Waals surface area contributed by atoms with Gasteiger partial charge in [-0.25, -0.2) is 4.68 Å². The Labute approximate surface area is 103 Å². The van der Waals surface area contributed by atoms with E-state index in [1.54, 1.807) is 0 Å². The lowest BCUT2D eigenvalue weighted by atomic mass is 10.0. The van der Waals surface area contributed by atoms with Crippen LogP contribution in [0.15, 0.2) is 6.20 Å². The molecule has 1 aromatic heterocycles. The van der Waals surface area contributed by atoms with Gasteiger partial charge in [-0.05, 0) is 37.0 Å². The lowest BCUT2D eigenvalue weighted by molar-refractivity contribution is 0.480. The molecule has 0 aromatic carbocycles. The zero-order valence-corrected chi connectivity index (χ0v) is 10.5. The van der Waals surface area contributed by atoms with Gasteiger partial charge in [-0.2, -0.15) is 0 Å². The van der Waals surface area contributed by atoms with Crippen molar-refractivity contribution in [3.63, 3.8) is 0 Å². The van der Waals surface area contributed by atoms with Crippen molar-refractivity contribution >= 4 is 0 Å². The molecule has 2 N–H and O–H groups in total. The van der Waals surface area contributed by atoms with Gasteiger partial charge in [0.15, 0.2) is 0 Å². The number of aromatic nitrogens is 3. The predicted octanol–water partition coefficient (Wildman–Crippen LogP) is 2.12. The van der Waals surface area contributed by atoms with Crippen LogP contribution in [0.4, 0.5) is 0 Å². The van der Waals surface area contributed by atoms with Crippen molar-refractivity contribution < 1.29 is 0 Å². The summed E-state index contributed by atoms with van der Waals surface area (Å²) in [6.07, 6.45) is 8.52. The Hall–Kier alpha value is -0.900. The van der Waals surface area contributed by atoms with Gasteiger partial charge in [-0.1, -0.05) is 25.0 Å². The van der Waals surface area contributed by atoms with E-state index in [1.807, 2.05) is 10.9 Å². The summed E-state index contributed by atoms with van der Waals surface area (Å²) in [5.74, 6) is 2.49. The first-order valence-corrected chi connectivity index (χ1v) is 6.97. The van der Waals surface area contributed by atoms with E-state index in [0.717, 1.165) is 30.5 Å². The maximum Gasteiger partial charge on any atom is 0.0757 e. The Balaban J connectivity index is 1.73. The van der Waals surface area contributed by atoms with Crippen LogP contribution in [-0.4, -0.2) is 15.0 Å². The lowest BCUT2D eigenvalue weighted by Gasteiger charge is -2.12. The van der Waals surface area contributed by atoms with Gasteiger partial charge in [0.2, 0.25) is 0 Å². The average molecular weight is 234 g/mol. The fourth-order valence-electron chi connectivity index (χ4n) is 3.69. The molecular formula is C13H22N4. The molecule has 1 heterocycles. The third-order valence-corrected chi connectivity index (χ3v) is 4.56. The maximum absolute atomic E-state index is 6.43. The van der Waals surface area contributed by atoms with E-state index >= 15 is 0 Å². The van der Waals surface area contributed by atoms with Gasteiger partial charge >= 0.3 is 0 Å². The van der Waals surface area contributed by atoms with Crippen LogP contribution in [0, 0.1) is 17.8 Å². The molecular weight excluding hydrogens is 212 g/mol. The van der Waals surface area contributed by atoms with E-state index < -0.39 is 0 Å². The Morgan fingerprint density at radius 1 is 1.41 bits per heavy atom. The summed E-state index contributed by atoms with van der Waals surface area (Å²) in [6.45, 7) is 3.10. The molecule has 4 heteroatoms. The zero-order valence-electron chi connectivity index (χ0n) is 10.5. The number of aryl methyl sites for hydroxylation is 1. The number of rotatable bonds is 4. The SMILES string of the molecule is CCCn1nncc1C(N)C1C2CCCCC21. The van der Waals surface area contributed by atoms with E-state index in [-0.39, 0.29) is 6.04 Å². The van der Waals surface area contributed by atoms with Gasteiger partial charge in [0.1, 0.15) is 0 Å². The summed E-state index contributed by atoms with van der Waals surface area (Å²) in [4.78, 5) is 0. The summed E-state index contributed by atoms with van der Waals surface area (Å²) >= 11 is 0. The van der Waals surface area contributed by atoms with Crippen molar-refractivity contribution in [2.24, 2.45) is 23.5 Å². The molecule has 1 aromatic rings. The molecule has 3 atom stereocenters. The second kappa shape index (κ2) is 4.41. The van der Waals surface area contributed by atoms with Crippen LogP contribution >= 0.6 is 0 Å². The highest BCUT2D eigenvalue weighted by Crippen LogP contribution is 2.59. The van der Waals surface area contributed by atoms with Crippen molar-refractivity contribution in [1.29, 1.82) is 0 Å². The third kappa shape index (κ3) is 1.88. The normalized spacial score (nSPS) is 33.2. The number of hydrogen-bond acceptors (Lipinski definition) is 3. The Kier molecular flexibility index (Phi) is 2.90. The van der Waals surface area contributed by atoms with Gasteiger partial charge in [0.25, 0.3) is 0 Å². The monoisotopic (exact) mass is 234 g/mol. The molecule has 3 unspecified atom stereocenters. The molecule has 3 rings (SSSR count). The van der Waals surface area contributed by atoms with Gasteiger partial charge in [0.05, 0.1) is 17.9 Å². The molecule has 0 saturated heterocycles. The van der Waals surface area contributed by atoms with E-state index in [4.69, 9.17) is 5.73 Å². The van der Waals surface area contributed by atoms with Crippen LogP contribution in [0.5, 0.6) is 0 Å². The topological polar surface area (TPSA) is 56.7 Å². The first-order chi connectivity index (χ1) is 8.33. The fraction of sp³-hybridized carbons (Fsp3) is 0.846. The third-order valence-electron chi connectivity index (χ3n) is 4.56. The highest BCUT2D eigenvalue weighted by Gasteiger charge is 2.54. The average Bonchev–Trinajstić information content (AvgIpc) is 2.90. The van der Waals surface area contributed by atoms with Gasteiger partial charge < -0.3 is 5.73 Å². The Bertz CT molecular complexity index is 375. The molecule has 0 amide bonds. The quantitative estimate of drug-likeness (QED) is 0.868. The summed E-state index contributed by atoms with van der Waals surface area (Å²) < 4.78 is 2.00. The van der Waals surface area contributed by atoms with Gasteiger partial charge in [0, 0.05) is 6.54 Å². The minimum Gasteiger partial charge on any atom is -0.322 e. The van der Waals surface area contributed by atoms with Crippen LogP contribution in [-0.2, 0) is 6.54 Å².